The van der Waals surface area contributed by atoms with Crippen LogP contribution >= 0.6 is 0 Å². The van der Waals surface area contributed by atoms with Gasteiger partial charge in [-0.3, -0.25) is 14.4 Å². The fraction of sp³-hybridized carbons (Fsp3) is 0.276. The zero-order valence-corrected chi connectivity index (χ0v) is 25.1. The van der Waals surface area contributed by atoms with Crippen LogP contribution in [0.3, 0.4) is 0 Å². The van der Waals surface area contributed by atoms with Crippen molar-refractivity contribution in [2.24, 2.45) is 0 Å². The number of carbonyl (C=O) groups is 3. The number of benzene rings is 3. The molecule has 3 rings (SSSR count). The molecule has 14 heteroatoms. The SMILES string of the molecule is CS(=O)(=O)NC(COCc1ccccc1)C(=O)N[C@@H](Cc1ccccc1)C(=O)C(=O)NCCNS(=O)(=O)c1ccccc1. The Kier molecular flexibility index (Phi) is 12.5. The second kappa shape index (κ2) is 16.0. The number of sulfonamides is 2. The predicted octanol–water partition coefficient (Wildman–Crippen LogP) is 0.512. The monoisotopic (exact) mass is 630 g/mol. The van der Waals surface area contributed by atoms with Gasteiger partial charge in [-0.1, -0.05) is 78.9 Å². The number of ketones is 1. The van der Waals surface area contributed by atoms with Gasteiger partial charge in [0.25, 0.3) is 5.91 Å². The Hall–Kier alpha value is -3.95. The quantitative estimate of drug-likeness (QED) is 0.123. The number of rotatable bonds is 17. The number of nitrogens with one attached hydrogen (secondary N) is 4. The average Bonchev–Trinajstić information content (AvgIpc) is 2.99. The Balaban J connectivity index is 1.66. The van der Waals surface area contributed by atoms with Crippen LogP contribution in [0.5, 0.6) is 0 Å². The molecule has 0 aliphatic heterocycles. The zero-order chi connectivity index (χ0) is 31.3. The molecular formula is C29H34N4O8S2. The van der Waals surface area contributed by atoms with Gasteiger partial charge in [-0.05, 0) is 23.3 Å². The summed E-state index contributed by atoms with van der Waals surface area (Å²) in [6.45, 7) is -0.619. The molecule has 1 unspecified atom stereocenters. The second-order valence-corrected chi connectivity index (χ2v) is 13.1. The maximum absolute atomic E-state index is 13.2. The zero-order valence-electron chi connectivity index (χ0n) is 23.4. The molecule has 0 aliphatic carbocycles. The fourth-order valence-corrected chi connectivity index (χ4v) is 5.66. The third-order valence-corrected chi connectivity index (χ3v) is 8.15. The van der Waals surface area contributed by atoms with Crippen molar-refractivity contribution in [1.82, 2.24) is 20.1 Å². The molecule has 0 radical (unpaired) electrons. The van der Waals surface area contributed by atoms with Gasteiger partial charge in [-0.15, -0.1) is 0 Å². The van der Waals surface area contributed by atoms with Crippen molar-refractivity contribution < 1.29 is 36.0 Å². The van der Waals surface area contributed by atoms with E-state index in [1.165, 1.54) is 12.1 Å². The Labute approximate surface area is 251 Å². The average molecular weight is 631 g/mol. The van der Waals surface area contributed by atoms with Crippen molar-refractivity contribution in [3.05, 3.63) is 102 Å². The van der Waals surface area contributed by atoms with E-state index in [9.17, 15) is 31.2 Å². The minimum absolute atomic E-state index is 0.0491. The van der Waals surface area contributed by atoms with E-state index in [2.05, 4.69) is 20.1 Å². The summed E-state index contributed by atoms with van der Waals surface area (Å²) in [4.78, 5) is 39.2. The minimum atomic E-state index is -3.85. The van der Waals surface area contributed by atoms with E-state index >= 15 is 0 Å². The predicted molar refractivity (Wildman–Crippen MR) is 160 cm³/mol. The molecule has 3 aromatic carbocycles. The van der Waals surface area contributed by atoms with E-state index in [1.54, 1.807) is 72.8 Å². The standard InChI is InChI=1S/C29H34N4O8S2/c1-42(37,38)33-26(21-41-20-23-13-7-3-8-14-23)28(35)32-25(19-22-11-5-2-6-12-22)27(34)29(36)30-17-18-31-43(39,40)24-15-9-4-10-16-24/h2-16,25-26,31,33H,17-21H2,1H3,(H,30,36)(H,32,35)/t25-,26?/m0/s1. The van der Waals surface area contributed by atoms with Crippen LogP contribution in [0.4, 0.5) is 0 Å². The van der Waals surface area contributed by atoms with Crippen LogP contribution in [-0.2, 0) is 52.2 Å². The highest BCUT2D eigenvalue weighted by atomic mass is 32.2. The normalized spacial score (nSPS) is 13.0. The summed E-state index contributed by atoms with van der Waals surface area (Å²) in [6, 6.07) is 22.6. The minimum Gasteiger partial charge on any atom is -0.375 e. The Morgan fingerprint density at radius 3 is 1.88 bits per heavy atom. The molecular weight excluding hydrogens is 596 g/mol. The molecule has 0 aromatic heterocycles. The van der Waals surface area contributed by atoms with E-state index in [0.717, 1.165) is 11.8 Å². The first-order valence-corrected chi connectivity index (χ1v) is 16.6. The highest BCUT2D eigenvalue weighted by molar-refractivity contribution is 7.89. The molecule has 230 valence electrons. The number of ether oxygens (including phenoxy) is 1. The molecule has 0 fully saturated rings. The summed E-state index contributed by atoms with van der Waals surface area (Å²) < 4.78 is 58.8. The lowest BCUT2D eigenvalue weighted by Gasteiger charge is -2.22. The molecule has 43 heavy (non-hydrogen) atoms. The number of hydrogen-bond acceptors (Lipinski definition) is 8. The smallest absolute Gasteiger partial charge is 0.289 e. The van der Waals surface area contributed by atoms with Gasteiger partial charge in [-0.2, -0.15) is 0 Å². The highest BCUT2D eigenvalue weighted by Crippen LogP contribution is 2.08. The van der Waals surface area contributed by atoms with Crippen LogP contribution in [0.15, 0.2) is 95.9 Å². The number of hydrogen-bond donors (Lipinski definition) is 4. The van der Waals surface area contributed by atoms with Crippen molar-refractivity contribution in [3.8, 4) is 0 Å². The highest BCUT2D eigenvalue weighted by Gasteiger charge is 2.31. The lowest BCUT2D eigenvalue weighted by molar-refractivity contribution is -0.140. The van der Waals surface area contributed by atoms with Crippen molar-refractivity contribution >= 4 is 37.6 Å². The summed E-state index contributed by atoms with van der Waals surface area (Å²) >= 11 is 0. The first-order chi connectivity index (χ1) is 20.4. The molecule has 0 heterocycles. The van der Waals surface area contributed by atoms with E-state index in [4.69, 9.17) is 4.74 Å². The molecule has 2 amide bonds. The molecule has 0 saturated heterocycles. The molecule has 4 N–H and O–H groups in total. The van der Waals surface area contributed by atoms with Gasteiger partial charge in [0.1, 0.15) is 12.1 Å². The van der Waals surface area contributed by atoms with Crippen LogP contribution in [0.25, 0.3) is 0 Å². The first kappa shape index (κ1) is 33.6. The van der Waals surface area contributed by atoms with E-state index in [0.29, 0.717) is 5.56 Å². The van der Waals surface area contributed by atoms with Gasteiger partial charge < -0.3 is 15.4 Å². The van der Waals surface area contributed by atoms with E-state index in [1.807, 2.05) is 6.07 Å². The van der Waals surface area contributed by atoms with Gasteiger partial charge >= 0.3 is 0 Å². The Morgan fingerprint density at radius 2 is 1.30 bits per heavy atom. The van der Waals surface area contributed by atoms with Crippen LogP contribution in [0.1, 0.15) is 11.1 Å². The van der Waals surface area contributed by atoms with Crippen molar-refractivity contribution in [2.75, 3.05) is 26.0 Å². The van der Waals surface area contributed by atoms with Crippen molar-refractivity contribution in [1.29, 1.82) is 0 Å². The number of Topliss-reactive ketones (excluding diaryl/α,β-unsaturated/α-hetero) is 1. The topological polar surface area (TPSA) is 177 Å². The van der Waals surface area contributed by atoms with Gasteiger partial charge in [-0.25, -0.2) is 26.3 Å². The van der Waals surface area contributed by atoms with Crippen LogP contribution in [0.2, 0.25) is 0 Å². The molecule has 0 bridgehead atoms. The third kappa shape index (κ3) is 11.7. The summed E-state index contributed by atoms with van der Waals surface area (Å²) in [7, 11) is -7.67. The van der Waals surface area contributed by atoms with Gasteiger partial charge in [0.2, 0.25) is 31.7 Å². The van der Waals surface area contributed by atoms with Crippen molar-refractivity contribution in [2.45, 2.75) is 30.0 Å². The van der Waals surface area contributed by atoms with Gasteiger partial charge in [0, 0.05) is 19.5 Å². The molecule has 12 nitrogen and oxygen atoms in total. The lowest BCUT2D eigenvalue weighted by atomic mass is 10.0. The fourth-order valence-electron chi connectivity index (χ4n) is 3.91. The van der Waals surface area contributed by atoms with E-state index in [-0.39, 0.29) is 37.6 Å². The largest absolute Gasteiger partial charge is 0.375 e. The lowest BCUT2D eigenvalue weighted by Crippen LogP contribution is -2.56. The summed E-state index contributed by atoms with van der Waals surface area (Å²) in [5, 5.41) is 4.85. The molecule has 0 spiro atoms. The molecule has 2 atom stereocenters. The summed E-state index contributed by atoms with van der Waals surface area (Å²) in [5.41, 5.74) is 1.44. The Morgan fingerprint density at radius 1 is 0.744 bits per heavy atom. The van der Waals surface area contributed by atoms with Gasteiger partial charge in [0.05, 0.1) is 24.4 Å². The van der Waals surface area contributed by atoms with Crippen LogP contribution in [0, 0.1) is 0 Å². The number of amides is 2. The number of carbonyl (C=O) groups excluding carboxylic acids is 3. The summed E-state index contributed by atoms with van der Waals surface area (Å²) in [6.07, 6.45) is 0.826. The van der Waals surface area contributed by atoms with Crippen LogP contribution in [-0.4, -0.2) is 72.5 Å². The summed E-state index contributed by atoms with van der Waals surface area (Å²) in [5.74, 6) is -2.91. The van der Waals surface area contributed by atoms with Crippen molar-refractivity contribution in [3.63, 3.8) is 0 Å². The second-order valence-electron chi connectivity index (χ2n) is 9.53. The Bertz CT molecular complexity index is 1570. The first-order valence-electron chi connectivity index (χ1n) is 13.2. The molecule has 0 saturated carbocycles. The van der Waals surface area contributed by atoms with Gasteiger partial charge in [0.15, 0.2) is 0 Å². The molecule has 3 aromatic rings. The van der Waals surface area contributed by atoms with E-state index < -0.39 is 49.7 Å². The third-order valence-electron chi connectivity index (χ3n) is 5.96. The van der Waals surface area contributed by atoms with Crippen LogP contribution < -0.4 is 20.1 Å². The maximum atomic E-state index is 13.2. The molecule has 0 aliphatic rings. The maximum Gasteiger partial charge on any atom is 0.289 e.